The molecule has 4 aliphatic carbocycles. The maximum absolute atomic E-state index is 13.1. The second kappa shape index (κ2) is 12.2. The molecule has 0 radical (unpaired) electrons. The summed E-state index contributed by atoms with van der Waals surface area (Å²) in [5.74, 6) is -0.0457. The Kier molecular flexibility index (Phi) is 8.36. The summed E-state index contributed by atoms with van der Waals surface area (Å²) in [5.41, 5.74) is 10.5. The van der Waals surface area contributed by atoms with Gasteiger partial charge < -0.3 is 23.7 Å². The summed E-state index contributed by atoms with van der Waals surface area (Å²) in [6.07, 6.45) is 9.27. The summed E-state index contributed by atoms with van der Waals surface area (Å²) < 4.78 is 23.9. The van der Waals surface area contributed by atoms with Gasteiger partial charge >= 0.3 is 11.6 Å². The van der Waals surface area contributed by atoms with Gasteiger partial charge in [-0.15, -0.1) is 0 Å². The maximum atomic E-state index is 13.1. The predicted octanol–water partition coefficient (Wildman–Crippen LogP) is 7.08. The quantitative estimate of drug-likeness (QED) is 0.116. The molecule has 1 aliphatic heterocycles. The summed E-state index contributed by atoms with van der Waals surface area (Å²) in [6, 6.07) is 11.7. The van der Waals surface area contributed by atoms with Crippen molar-refractivity contribution in [2.45, 2.75) is 108 Å². The Balaban J connectivity index is 1.09. The highest BCUT2D eigenvalue weighted by Gasteiger charge is 2.66. The lowest BCUT2D eigenvalue weighted by Crippen LogP contribution is -2.60. The molecule has 1 saturated heterocycles. The average Bonchev–Trinajstić information content (AvgIpc) is 3.35. The van der Waals surface area contributed by atoms with Crippen LogP contribution in [0, 0.1) is 28.6 Å². The van der Waals surface area contributed by atoms with Crippen LogP contribution >= 0.6 is 0 Å². The number of carbonyl (C=O) groups excluding carboxylic acids is 1. The zero-order chi connectivity index (χ0) is 33.0. The average molecular weight is 644 g/mol. The van der Waals surface area contributed by atoms with E-state index in [1.54, 1.807) is 30.5 Å². The highest BCUT2D eigenvalue weighted by molar-refractivity contribution is 5.89. The fraction of sp³-hybridized carbons (Fsp3) is 0.622. The largest absolute Gasteiger partial charge is 0.453 e. The summed E-state index contributed by atoms with van der Waals surface area (Å²) in [4.78, 5) is 27.7. The normalized spacial score (nSPS) is 41.0. The molecule has 250 valence electrons. The van der Waals surface area contributed by atoms with E-state index in [0.717, 1.165) is 56.9 Å². The van der Waals surface area contributed by atoms with Gasteiger partial charge in [-0.05, 0) is 104 Å². The number of fused-ring (bicyclic) bond motifs is 5. The molecule has 10 nitrogen and oxygen atoms in total. The first-order chi connectivity index (χ1) is 22.6. The zero-order valence-electron chi connectivity index (χ0n) is 27.4. The van der Waals surface area contributed by atoms with E-state index in [4.69, 9.17) is 24.2 Å². The molecule has 3 unspecified atom stereocenters. The monoisotopic (exact) mass is 643 g/mol. The Morgan fingerprint density at radius 1 is 1.04 bits per heavy atom. The molecule has 0 spiro atoms. The molecular formula is C37H45N3O7. The van der Waals surface area contributed by atoms with Gasteiger partial charge in [0, 0.05) is 22.3 Å². The fourth-order valence-electron chi connectivity index (χ4n) is 10.2. The summed E-state index contributed by atoms with van der Waals surface area (Å²) in [7, 11) is 0. The Bertz CT molecular complexity index is 1620. The fourth-order valence-corrected chi connectivity index (χ4v) is 10.2. The van der Waals surface area contributed by atoms with Crippen LogP contribution in [0.25, 0.3) is 10.4 Å². The number of hydrogen-bond donors (Lipinski definition) is 1. The number of ether oxygens (including phenoxy) is 3. The predicted molar refractivity (Wildman–Crippen MR) is 173 cm³/mol. The van der Waals surface area contributed by atoms with Crippen LogP contribution < -0.4 is 5.63 Å². The first-order valence-corrected chi connectivity index (χ1v) is 17.2. The molecule has 1 N–H and O–H groups in total. The number of hydrogen-bond acceptors (Lipinski definition) is 8. The molecule has 2 heterocycles. The number of benzene rings is 1. The van der Waals surface area contributed by atoms with Crippen molar-refractivity contribution >= 4 is 5.97 Å². The standard InChI is InChI=1S/C37H45N3O7/c1-22-30(39-40-38)21-45-34(32(22)47-33(42)23-7-5-4-6-8-23)46-26-13-16-35(2)25(19-26)10-11-29-28(35)14-17-36(3)27(15-18-37(29,36)43)24-9-12-31(41)44-20-24/h4-9,12,19-20,22,26-30,32,34,43H,10-11,13-18,21H2,1-3H3/t22-,26+,27-,28?,29?,30+,32+,34?,35+,36-,37+/m1/s1. The minimum Gasteiger partial charge on any atom is -0.453 e. The van der Waals surface area contributed by atoms with Crippen molar-refractivity contribution in [2.24, 2.45) is 33.7 Å². The van der Waals surface area contributed by atoms with Gasteiger partial charge in [-0.1, -0.05) is 55.7 Å². The van der Waals surface area contributed by atoms with Crippen molar-refractivity contribution in [3.8, 4) is 0 Å². The molecule has 11 atom stereocenters. The Hall–Kier alpha value is -3.43. The highest BCUT2D eigenvalue weighted by atomic mass is 16.7. The van der Waals surface area contributed by atoms with Crippen LogP contribution in [0.1, 0.15) is 94.0 Å². The topological polar surface area (TPSA) is 144 Å². The van der Waals surface area contributed by atoms with Crippen molar-refractivity contribution in [1.29, 1.82) is 0 Å². The Morgan fingerprint density at radius 2 is 1.85 bits per heavy atom. The molecule has 1 aromatic heterocycles. The third kappa shape index (κ3) is 5.34. The lowest BCUT2D eigenvalue weighted by atomic mass is 9.45. The number of rotatable bonds is 6. The van der Waals surface area contributed by atoms with Crippen LogP contribution in [0.3, 0.4) is 0 Å². The molecule has 47 heavy (non-hydrogen) atoms. The van der Waals surface area contributed by atoms with Crippen molar-refractivity contribution < 1.29 is 28.5 Å². The Labute approximate surface area is 275 Å². The van der Waals surface area contributed by atoms with E-state index in [0.29, 0.717) is 11.5 Å². The number of azide groups is 1. The minimum atomic E-state index is -0.792. The molecule has 4 fully saturated rings. The van der Waals surface area contributed by atoms with Crippen LogP contribution in [-0.4, -0.2) is 47.8 Å². The smallest absolute Gasteiger partial charge is 0.338 e. The molecule has 0 amide bonds. The van der Waals surface area contributed by atoms with E-state index < -0.39 is 30.0 Å². The van der Waals surface area contributed by atoms with E-state index >= 15 is 0 Å². The van der Waals surface area contributed by atoms with Crippen molar-refractivity contribution in [2.75, 3.05) is 6.61 Å². The Morgan fingerprint density at radius 3 is 2.60 bits per heavy atom. The second-order valence-corrected chi connectivity index (χ2v) is 15.0. The van der Waals surface area contributed by atoms with Crippen LogP contribution in [0.15, 0.2) is 74.7 Å². The highest BCUT2D eigenvalue weighted by Crippen LogP contribution is 2.70. The van der Waals surface area contributed by atoms with E-state index in [1.165, 1.54) is 11.6 Å². The van der Waals surface area contributed by atoms with Gasteiger partial charge in [-0.3, -0.25) is 0 Å². The molecule has 2 aromatic rings. The summed E-state index contributed by atoms with van der Waals surface area (Å²) >= 11 is 0. The third-order valence-corrected chi connectivity index (χ3v) is 13.0. The molecule has 5 aliphatic rings. The minimum absolute atomic E-state index is 0.0377. The van der Waals surface area contributed by atoms with Crippen LogP contribution in [-0.2, 0) is 14.2 Å². The molecule has 10 heteroatoms. The second-order valence-electron chi connectivity index (χ2n) is 15.0. The van der Waals surface area contributed by atoms with Crippen molar-refractivity contribution in [3.63, 3.8) is 0 Å². The molecule has 3 saturated carbocycles. The number of aliphatic hydroxyl groups is 1. The van der Waals surface area contributed by atoms with Gasteiger partial charge in [-0.2, -0.15) is 0 Å². The van der Waals surface area contributed by atoms with E-state index in [9.17, 15) is 14.7 Å². The lowest BCUT2D eigenvalue weighted by molar-refractivity contribution is -0.247. The third-order valence-electron chi connectivity index (χ3n) is 13.0. The van der Waals surface area contributed by atoms with Gasteiger partial charge in [0.05, 0.1) is 36.2 Å². The first-order valence-electron chi connectivity index (χ1n) is 17.2. The zero-order valence-corrected chi connectivity index (χ0v) is 27.4. The molecule has 7 rings (SSSR count). The number of nitrogens with zero attached hydrogens (tertiary/aromatic N) is 3. The van der Waals surface area contributed by atoms with Crippen LogP contribution in [0.2, 0.25) is 0 Å². The molecule has 0 bridgehead atoms. The van der Waals surface area contributed by atoms with Gasteiger partial charge in [0.25, 0.3) is 0 Å². The van der Waals surface area contributed by atoms with Gasteiger partial charge in [0.2, 0.25) is 0 Å². The van der Waals surface area contributed by atoms with E-state index in [2.05, 4.69) is 29.9 Å². The maximum Gasteiger partial charge on any atom is 0.338 e. The first kappa shape index (κ1) is 32.1. The van der Waals surface area contributed by atoms with Crippen LogP contribution in [0.5, 0.6) is 0 Å². The van der Waals surface area contributed by atoms with Gasteiger partial charge in [-0.25, -0.2) is 9.59 Å². The summed E-state index contributed by atoms with van der Waals surface area (Å²) in [6.45, 7) is 6.72. The number of carbonyl (C=O) groups is 1. The van der Waals surface area contributed by atoms with Gasteiger partial charge in [0.1, 0.15) is 0 Å². The SMILES string of the molecule is C[C@@H]1[C@@H](N=[N+]=[N-])COC(O[C@@H]2C=C3CCC4C(CC[C@]5(C)[C@@H](c6ccc(=O)oc6)CC[C@]45O)[C@@]3(C)CC2)[C@H]1OC(=O)c1ccccc1. The number of esters is 1. The van der Waals surface area contributed by atoms with Crippen molar-refractivity contribution in [3.05, 3.63) is 92.4 Å². The van der Waals surface area contributed by atoms with Crippen molar-refractivity contribution in [1.82, 2.24) is 0 Å². The van der Waals surface area contributed by atoms with Crippen LogP contribution in [0.4, 0.5) is 0 Å². The summed E-state index contributed by atoms with van der Waals surface area (Å²) in [5, 5.41) is 16.5. The molecular weight excluding hydrogens is 598 g/mol. The van der Waals surface area contributed by atoms with E-state index in [-0.39, 0.29) is 46.9 Å². The van der Waals surface area contributed by atoms with Gasteiger partial charge in [0.15, 0.2) is 12.4 Å². The number of allylic oxidation sites excluding steroid dienone is 1. The lowest BCUT2D eigenvalue weighted by Gasteiger charge is -2.62. The molecule has 1 aromatic carbocycles. The van der Waals surface area contributed by atoms with E-state index in [1.807, 2.05) is 19.1 Å².